The van der Waals surface area contributed by atoms with Crippen molar-refractivity contribution in [3.63, 3.8) is 0 Å². The average Bonchev–Trinajstić information content (AvgIpc) is 2.95. The van der Waals surface area contributed by atoms with Crippen molar-refractivity contribution >= 4 is 11.6 Å². The van der Waals surface area contributed by atoms with Gasteiger partial charge in [-0.05, 0) is 24.5 Å². The number of fused-ring (bicyclic) bond motifs is 4. The molecule has 2 aromatic heterocycles. The zero-order valence-corrected chi connectivity index (χ0v) is 16.9. The van der Waals surface area contributed by atoms with Crippen LogP contribution in [0.1, 0.15) is 30.0 Å². The Bertz CT molecular complexity index is 1020. The molecule has 5 rings (SSSR count). The molecule has 2 saturated heterocycles. The molecule has 2 aromatic rings. The number of aromatic nitrogens is 2. The summed E-state index contributed by atoms with van der Waals surface area (Å²) in [4.78, 5) is 32.9. The van der Waals surface area contributed by atoms with Gasteiger partial charge in [-0.3, -0.25) is 19.5 Å². The van der Waals surface area contributed by atoms with E-state index in [2.05, 4.69) is 26.2 Å². The van der Waals surface area contributed by atoms with Gasteiger partial charge in [-0.1, -0.05) is 6.07 Å². The smallest absolute Gasteiger partial charge is 0.255 e. The number of hydrogen-bond donors (Lipinski definition) is 1. The van der Waals surface area contributed by atoms with Gasteiger partial charge in [-0.25, -0.2) is 4.39 Å². The van der Waals surface area contributed by atoms with E-state index in [1.54, 1.807) is 12.3 Å². The summed E-state index contributed by atoms with van der Waals surface area (Å²) in [6.07, 6.45) is 4.38. The Labute approximate surface area is 174 Å². The minimum absolute atomic E-state index is 0.0719. The minimum Gasteiger partial charge on any atom is -0.368 e. The zero-order chi connectivity index (χ0) is 20.7. The number of halogens is 1. The van der Waals surface area contributed by atoms with Crippen molar-refractivity contribution in [1.29, 1.82) is 0 Å². The molecular weight excluding hydrogens is 385 g/mol. The molecular formula is C22H26FN5O2. The lowest BCUT2D eigenvalue weighted by Gasteiger charge is -2.44. The third-order valence-corrected chi connectivity index (χ3v) is 6.57. The van der Waals surface area contributed by atoms with Crippen LogP contribution in [0.2, 0.25) is 0 Å². The van der Waals surface area contributed by atoms with Crippen LogP contribution in [0.3, 0.4) is 0 Å². The van der Waals surface area contributed by atoms with Gasteiger partial charge < -0.3 is 14.8 Å². The topological polar surface area (TPSA) is 70.5 Å². The van der Waals surface area contributed by atoms with Gasteiger partial charge in [0.25, 0.3) is 5.56 Å². The van der Waals surface area contributed by atoms with E-state index in [1.807, 2.05) is 10.6 Å². The molecule has 0 saturated carbocycles. The SMILES string of the molecule is O=C1CCN(Cc2ccc3n(c2=O)C[C@H]2C[C@@H]3CN(c3ccncc3F)C2)CCN1. The number of piperidine rings is 1. The van der Waals surface area contributed by atoms with Crippen molar-refractivity contribution in [1.82, 2.24) is 19.8 Å². The predicted molar refractivity (Wildman–Crippen MR) is 111 cm³/mol. The van der Waals surface area contributed by atoms with Gasteiger partial charge in [0.15, 0.2) is 5.82 Å². The van der Waals surface area contributed by atoms with Crippen LogP contribution in [0.25, 0.3) is 0 Å². The second kappa shape index (κ2) is 7.83. The summed E-state index contributed by atoms with van der Waals surface area (Å²) in [6, 6.07) is 5.75. The van der Waals surface area contributed by atoms with Crippen LogP contribution in [-0.2, 0) is 17.9 Å². The van der Waals surface area contributed by atoms with E-state index >= 15 is 0 Å². The molecule has 158 valence electrons. The largest absolute Gasteiger partial charge is 0.368 e. The summed E-state index contributed by atoms with van der Waals surface area (Å²) in [5, 5.41) is 2.87. The molecule has 7 nitrogen and oxygen atoms in total. The molecule has 8 heteroatoms. The first kappa shape index (κ1) is 19.2. The number of carbonyl (C=O) groups is 1. The number of nitrogens with one attached hydrogen (secondary N) is 1. The summed E-state index contributed by atoms with van der Waals surface area (Å²) >= 11 is 0. The maximum Gasteiger partial charge on any atom is 0.255 e. The van der Waals surface area contributed by atoms with E-state index in [1.165, 1.54) is 6.20 Å². The van der Waals surface area contributed by atoms with Gasteiger partial charge in [-0.2, -0.15) is 0 Å². The molecule has 0 unspecified atom stereocenters. The molecule has 2 bridgehead atoms. The first-order valence-electron chi connectivity index (χ1n) is 10.6. The number of rotatable bonds is 3. The number of hydrogen-bond acceptors (Lipinski definition) is 5. The molecule has 0 spiro atoms. The fourth-order valence-electron chi connectivity index (χ4n) is 5.14. The van der Waals surface area contributed by atoms with Gasteiger partial charge in [0, 0.05) is 75.6 Å². The van der Waals surface area contributed by atoms with Gasteiger partial charge in [-0.15, -0.1) is 0 Å². The van der Waals surface area contributed by atoms with Crippen molar-refractivity contribution in [3.8, 4) is 0 Å². The normalized spacial score (nSPS) is 24.2. The summed E-state index contributed by atoms with van der Waals surface area (Å²) in [6.45, 7) is 4.73. The van der Waals surface area contributed by atoms with Crippen molar-refractivity contribution in [2.45, 2.75) is 31.8 Å². The molecule has 0 aromatic carbocycles. The number of pyridine rings is 2. The Morgan fingerprint density at radius 1 is 1.13 bits per heavy atom. The van der Waals surface area contributed by atoms with Crippen LogP contribution in [0.5, 0.6) is 0 Å². The van der Waals surface area contributed by atoms with Crippen molar-refractivity contribution in [2.75, 3.05) is 37.6 Å². The molecule has 2 fully saturated rings. The highest BCUT2D eigenvalue weighted by Crippen LogP contribution is 2.37. The molecule has 5 heterocycles. The van der Waals surface area contributed by atoms with E-state index in [-0.39, 0.29) is 23.2 Å². The Balaban J connectivity index is 1.38. The van der Waals surface area contributed by atoms with Crippen LogP contribution in [0.4, 0.5) is 10.1 Å². The lowest BCUT2D eigenvalue weighted by molar-refractivity contribution is -0.120. The van der Waals surface area contributed by atoms with E-state index in [0.29, 0.717) is 50.7 Å². The van der Waals surface area contributed by atoms with Crippen LogP contribution < -0.4 is 15.8 Å². The highest BCUT2D eigenvalue weighted by molar-refractivity contribution is 5.76. The summed E-state index contributed by atoms with van der Waals surface area (Å²) < 4.78 is 16.2. The van der Waals surface area contributed by atoms with Crippen LogP contribution in [0.15, 0.2) is 35.4 Å². The van der Waals surface area contributed by atoms with Gasteiger partial charge >= 0.3 is 0 Å². The van der Waals surface area contributed by atoms with E-state index < -0.39 is 0 Å². The third kappa shape index (κ3) is 3.60. The fourth-order valence-corrected chi connectivity index (χ4v) is 5.14. The number of anilines is 1. The quantitative estimate of drug-likeness (QED) is 0.825. The summed E-state index contributed by atoms with van der Waals surface area (Å²) in [5.74, 6) is 0.307. The van der Waals surface area contributed by atoms with Gasteiger partial charge in [0.1, 0.15) is 0 Å². The maximum absolute atomic E-state index is 14.2. The first-order valence-corrected chi connectivity index (χ1v) is 10.6. The minimum atomic E-state index is -0.296. The predicted octanol–water partition coefficient (Wildman–Crippen LogP) is 1.33. The number of nitrogens with zero attached hydrogens (tertiary/aromatic N) is 4. The van der Waals surface area contributed by atoms with E-state index in [4.69, 9.17) is 0 Å². The second-order valence-corrected chi connectivity index (χ2v) is 8.61. The molecule has 3 aliphatic heterocycles. The molecule has 2 atom stereocenters. The highest BCUT2D eigenvalue weighted by Gasteiger charge is 2.35. The Morgan fingerprint density at radius 3 is 2.90 bits per heavy atom. The van der Waals surface area contributed by atoms with E-state index in [9.17, 15) is 14.0 Å². The zero-order valence-electron chi connectivity index (χ0n) is 16.9. The summed E-state index contributed by atoms with van der Waals surface area (Å²) in [7, 11) is 0. The molecule has 30 heavy (non-hydrogen) atoms. The van der Waals surface area contributed by atoms with Crippen molar-refractivity contribution < 1.29 is 9.18 Å². The van der Waals surface area contributed by atoms with Crippen LogP contribution in [0, 0.1) is 11.7 Å². The Kier molecular flexibility index (Phi) is 5.02. The lowest BCUT2D eigenvalue weighted by atomic mass is 9.82. The standard InChI is InChI=1S/C22H26FN5O2/c23-18-10-24-5-3-20(18)27-11-15-9-17(14-27)19-2-1-16(22(30)28(19)12-15)13-26-7-4-21(29)25-6-8-26/h1-3,5,10,15,17H,4,6-9,11-14H2,(H,25,29)/t15-,17+/m0/s1. The number of amides is 1. The molecule has 3 aliphatic rings. The highest BCUT2D eigenvalue weighted by atomic mass is 19.1. The van der Waals surface area contributed by atoms with E-state index in [0.717, 1.165) is 30.8 Å². The lowest BCUT2D eigenvalue weighted by Crippen LogP contribution is -2.48. The van der Waals surface area contributed by atoms with Gasteiger partial charge in [0.05, 0.1) is 11.9 Å². The fraction of sp³-hybridized carbons (Fsp3) is 0.500. The molecule has 1 amide bonds. The van der Waals surface area contributed by atoms with Gasteiger partial charge in [0.2, 0.25) is 5.91 Å². The first-order chi connectivity index (χ1) is 14.6. The van der Waals surface area contributed by atoms with Crippen molar-refractivity contribution in [2.24, 2.45) is 5.92 Å². The summed E-state index contributed by atoms with van der Waals surface area (Å²) in [5.41, 5.74) is 2.50. The molecule has 0 radical (unpaired) electrons. The third-order valence-electron chi connectivity index (χ3n) is 6.57. The number of carbonyl (C=O) groups excluding carboxylic acids is 1. The van der Waals surface area contributed by atoms with Crippen molar-refractivity contribution in [3.05, 3.63) is 58.0 Å². The van der Waals surface area contributed by atoms with Crippen LogP contribution >= 0.6 is 0 Å². The Morgan fingerprint density at radius 2 is 2.03 bits per heavy atom. The second-order valence-electron chi connectivity index (χ2n) is 8.61. The Hall–Kier alpha value is -2.74. The van der Waals surface area contributed by atoms with Crippen LogP contribution in [-0.4, -0.2) is 53.1 Å². The maximum atomic E-state index is 14.2. The average molecular weight is 411 g/mol. The molecule has 1 N–H and O–H groups in total. The monoisotopic (exact) mass is 411 g/mol. The molecule has 0 aliphatic carbocycles.